The molecule has 0 aliphatic rings. The van der Waals surface area contributed by atoms with Crippen LogP contribution in [0, 0.1) is 23.0 Å². The van der Waals surface area contributed by atoms with Crippen molar-refractivity contribution in [3.63, 3.8) is 0 Å². The summed E-state index contributed by atoms with van der Waals surface area (Å²) in [4.78, 5) is 46.8. The number of carbonyl (C=O) groups is 2. The third-order valence-electron chi connectivity index (χ3n) is 8.45. The van der Waals surface area contributed by atoms with E-state index in [0.717, 1.165) is 33.6 Å². The summed E-state index contributed by atoms with van der Waals surface area (Å²) in [6, 6.07) is 31.0. The van der Waals surface area contributed by atoms with Gasteiger partial charge in [0, 0.05) is 24.1 Å². The Morgan fingerprint density at radius 3 is 2.36 bits per heavy atom. The SMILES string of the molecule is Cc1nc2cccc(C(=O)CC(Cc3ccccc3)C(=O)OCCCCO[N+](=O)[O-])c2n1Cc1ccc(-c2ccccc2-c2nn[nH]n2)cc1. The van der Waals surface area contributed by atoms with Crippen molar-refractivity contribution in [2.24, 2.45) is 5.92 Å². The van der Waals surface area contributed by atoms with E-state index in [9.17, 15) is 19.7 Å². The number of H-pyrrole nitrogens is 1. The molecule has 0 radical (unpaired) electrons. The van der Waals surface area contributed by atoms with E-state index in [2.05, 4.69) is 25.5 Å². The summed E-state index contributed by atoms with van der Waals surface area (Å²) < 4.78 is 7.57. The van der Waals surface area contributed by atoms with Crippen LogP contribution in [0.5, 0.6) is 0 Å². The summed E-state index contributed by atoms with van der Waals surface area (Å²) in [7, 11) is 0. The summed E-state index contributed by atoms with van der Waals surface area (Å²) in [6.07, 6.45) is 1.02. The number of aromatic nitrogens is 6. The number of esters is 1. The van der Waals surface area contributed by atoms with Crippen molar-refractivity contribution in [1.82, 2.24) is 30.2 Å². The molecule has 6 aromatic rings. The van der Waals surface area contributed by atoms with Gasteiger partial charge in [-0.05, 0) is 65.8 Å². The average molecular weight is 674 g/mol. The molecule has 2 aromatic heterocycles. The van der Waals surface area contributed by atoms with Gasteiger partial charge in [0.05, 0.1) is 30.2 Å². The number of imidazole rings is 1. The maximum absolute atomic E-state index is 14.0. The summed E-state index contributed by atoms with van der Waals surface area (Å²) in [5.41, 5.74) is 6.65. The van der Waals surface area contributed by atoms with Gasteiger partial charge in [0.1, 0.15) is 5.82 Å². The number of Topliss-reactive ketones (excluding diaryl/α,β-unsaturated/α-hetero) is 1. The summed E-state index contributed by atoms with van der Waals surface area (Å²) in [6.45, 7) is 2.39. The first kappa shape index (κ1) is 33.7. The molecule has 0 fully saturated rings. The Labute approximate surface area is 287 Å². The Hall–Kier alpha value is -6.24. The van der Waals surface area contributed by atoms with Crippen LogP contribution in [0.3, 0.4) is 0 Å². The van der Waals surface area contributed by atoms with E-state index in [1.165, 1.54) is 0 Å². The molecular formula is C37H35N7O6. The van der Waals surface area contributed by atoms with E-state index < -0.39 is 17.0 Å². The van der Waals surface area contributed by atoms with Gasteiger partial charge in [-0.1, -0.05) is 84.9 Å². The lowest BCUT2D eigenvalue weighted by Crippen LogP contribution is -2.24. The monoisotopic (exact) mass is 673 g/mol. The molecule has 254 valence electrons. The average Bonchev–Trinajstić information content (AvgIpc) is 3.78. The molecule has 13 heteroatoms. The zero-order valence-corrected chi connectivity index (χ0v) is 27.4. The molecule has 2 heterocycles. The number of aryl methyl sites for hydroxylation is 1. The molecule has 0 spiro atoms. The number of nitrogens with zero attached hydrogens (tertiary/aromatic N) is 6. The van der Waals surface area contributed by atoms with Crippen LogP contribution < -0.4 is 0 Å². The zero-order valence-electron chi connectivity index (χ0n) is 27.4. The van der Waals surface area contributed by atoms with E-state index in [-0.39, 0.29) is 25.4 Å². The van der Waals surface area contributed by atoms with Crippen molar-refractivity contribution < 1.29 is 24.3 Å². The smallest absolute Gasteiger partial charge is 0.309 e. The molecule has 0 amide bonds. The number of hydrogen-bond acceptors (Lipinski definition) is 10. The predicted molar refractivity (Wildman–Crippen MR) is 184 cm³/mol. The standard InChI is InChI=1S/C37H35N7O6/c1-25-38-33-15-9-14-32(34(45)23-29(22-26-10-3-2-4-11-26)37(46)49-20-7-8-21-50-44(47)48)35(33)43(25)24-27-16-18-28(19-17-27)30-12-5-6-13-31(30)36-39-41-42-40-36/h2-6,9-19,29H,7-8,20-24H2,1H3,(H,39,40,41,42). The molecular weight excluding hydrogens is 638 g/mol. The molecule has 1 atom stereocenters. The van der Waals surface area contributed by atoms with Gasteiger partial charge in [0.15, 0.2) is 5.78 Å². The number of ether oxygens (including phenoxy) is 1. The van der Waals surface area contributed by atoms with Crippen molar-refractivity contribution in [1.29, 1.82) is 0 Å². The second-order valence-electron chi connectivity index (χ2n) is 11.8. The van der Waals surface area contributed by atoms with E-state index in [1.54, 1.807) is 12.1 Å². The number of benzene rings is 4. The van der Waals surface area contributed by atoms with Crippen LogP contribution in [0.4, 0.5) is 0 Å². The highest BCUT2D eigenvalue weighted by Crippen LogP contribution is 2.31. The van der Waals surface area contributed by atoms with Crippen molar-refractivity contribution in [3.8, 4) is 22.5 Å². The fourth-order valence-corrected chi connectivity index (χ4v) is 6.00. The van der Waals surface area contributed by atoms with Crippen LogP contribution >= 0.6 is 0 Å². The van der Waals surface area contributed by atoms with Crippen LogP contribution in [-0.2, 0) is 27.3 Å². The second-order valence-corrected chi connectivity index (χ2v) is 11.8. The normalized spacial score (nSPS) is 11.7. The van der Waals surface area contributed by atoms with Gasteiger partial charge in [0.2, 0.25) is 5.82 Å². The number of para-hydroxylation sites is 1. The van der Waals surface area contributed by atoms with E-state index in [0.29, 0.717) is 48.2 Å². The van der Waals surface area contributed by atoms with Crippen LogP contribution in [0.2, 0.25) is 0 Å². The fraction of sp³-hybridized carbons (Fsp3) is 0.243. The number of carbonyl (C=O) groups excluding carboxylic acids is 2. The third-order valence-corrected chi connectivity index (χ3v) is 8.45. The van der Waals surface area contributed by atoms with Gasteiger partial charge in [-0.2, -0.15) is 5.21 Å². The minimum atomic E-state index is -0.849. The summed E-state index contributed by atoms with van der Waals surface area (Å²) >= 11 is 0. The number of rotatable bonds is 16. The van der Waals surface area contributed by atoms with Gasteiger partial charge >= 0.3 is 5.97 Å². The first-order valence-electron chi connectivity index (χ1n) is 16.3. The molecule has 0 bridgehead atoms. The Kier molecular flexibility index (Phi) is 10.6. The number of ketones is 1. The van der Waals surface area contributed by atoms with E-state index >= 15 is 0 Å². The van der Waals surface area contributed by atoms with Crippen LogP contribution in [0.1, 0.15) is 46.6 Å². The first-order valence-corrected chi connectivity index (χ1v) is 16.3. The Morgan fingerprint density at radius 1 is 0.880 bits per heavy atom. The summed E-state index contributed by atoms with van der Waals surface area (Å²) in [5.74, 6) is -0.136. The predicted octanol–water partition coefficient (Wildman–Crippen LogP) is 6.20. The fourth-order valence-electron chi connectivity index (χ4n) is 6.00. The topological polar surface area (TPSA) is 168 Å². The highest BCUT2D eigenvalue weighted by atomic mass is 16.9. The second kappa shape index (κ2) is 15.8. The number of nitrogens with one attached hydrogen (secondary N) is 1. The lowest BCUT2D eigenvalue weighted by atomic mass is 9.91. The number of tetrazole rings is 1. The Morgan fingerprint density at radius 2 is 1.62 bits per heavy atom. The van der Waals surface area contributed by atoms with E-state index in [1.807, 2.05) is 96.4 Å². The summed E-state index contributed by atoms with van der Waals surface area (Å²) in [5, 5.41) is 24.0. The van der Waals surface area contributed by atoms with Gasteiger partial charge < -0.3 is 14.1 Å². The maximum atomic E-state index is 14.0. The zero-order chi connectivity index (χ0) is 34.9. The quantitative estimate of drug-likeness (QED) is 0.0410. The third kappa shape index (κ3) is 8.06. The van der Waals surface area contributed by atoms with Crippen LogP contribution in [-0.4, -0.2) is 60.2 Å². The first-order chi connectivity index (χ1) is 24.4. The maximum Gasteiger partial charge on any atom is 0.309 e. The van der Waals surface area contributed by atoms with E-state index in [4.69, 9.17) is 9.72 Å². The van der Waals surface area contributed by atoms with Crippen molar-refractivity contribution >= 4 is 22.8 Å². The van der Waals surface area contributed by atoms with Crippen molar-refractivity contribution in [3.05, 3.63) is 130 Å². The van der Waals surface area contributed by atoms with Gasteiger partial charge in [-0.15, -0.1) is 20.3 Å². The molecule has 0 aliphatic heterocycles. The highest BCUT2D eigenvalue weighted by molar-refractivity contribution is 6.07. The van der Waals surface area contributed by atoms with Crippen LogP contribution in [0.15, 0.2) is 97.1 Å². The van der Waals surface area contributed by atoms with Crippen LogP contribution in [0.25, 0.3) is 33.5 Å². The Balaban J connectivity index is 1.21. The number of fused-ring (bicyclic) bond motifs is 1. The minimum absolute atomic E-state index is 0.0595. The van der Waals surface area contributed by atoms with Crippen molar-refractivity contribution in [2.75, 3.05) is 13.2 Å². The molecule has 6 rings (SSSR count). The molecule has 1 unspecified atom stereocenters. The molecule has 4 aromatic carbocycles. The molecule has 13 nitrogen and oxygen atoms in total. The number of hydrogen-bond donors (Lipinski definition) is 1. The highest BCUT2D eigenvalue weighted by Gasteiger charge is 2.27. The lowest BCUT2D eigenvalue weighted by Gasteiger charge is -2.17. The van der Waals surface area contributed by atoms with Gasteiger partial charge in [-0.3, -0.25) is 9.59 Å². The van der Waals surface area contributed by atoms with Gasteiger partial charge in [-0.25, -0.2) is 4.98 Å². The molecule has 0 saturated carbocycles. The number of aromatic amines is 1. The molecule has 50 heavy (non-hydrogen) atoms. The Bertz CT molecular complexity index is 2080. The largest absolute Gasteiger partial charge is 0.465 e. The molecule has 0 aliphatic carbocycles. The minimum Gasteiger partial charge on any atom is -0.465 e. The van der Waals surface area contributed by atoms with Crippen molar-refractivity contribution in [2.45, 2.75) is 39.2 Å². The molecule has 1 N–H and O–H groups in total. The number of unbranched alkanes of at least 4 members (excludes halogenated alkanes) is 1. The lowest BCUT2D eigenvalue weighted by molar-refractivity contribution is -0.757. The van der Waals surface area contributed by atoms with Gasteiger partial charge in [0.25, 0.3) is 5.09 Å². The molecule has 0 saturated heterocycles.